The first-order valence-corrected chi connectivity index (χ1v) is 8.37. The topological polar surface area (TPSA) is 45.7 Å². The third-order valence-electron chi connectivity index (χ3n) is 4.22. The van der Waals surface area contributed by atoms with E-state index in [1.165, 1.54) is 11.3 Å². The number of piperazine rings is 1. The third-order valence-corrected chi connectivity index (χ3v) is 4.22. The molecule has 0 unspecified atom stereocenters. The number of hydrogen-bond donors (Lipinski definition) is 0. The fourth-order valence-corrected chi connectivity index (χ4v) is 2.97. The van der Waals surface area contributed by atoms with E-state index in [2.05, 4.69) is 41.1 Å². The largest absolute Gasteiger partial charge is 0.477 e. The van der Waals surface area contributed by atoms with Gasteiger partial charge in [0, 0.05) is 38.1 Å². The van der Waals surface area contributed by atoms with Crippen molar-refractivity contribution in [3.05, 3.63) is 53.7 Å². The highest BCUT2D eigenvalue weighted by Gasteiger charge is 2.24. The molecule has 126 valence electrons. The molecule has 0 aliphatic carbocycles. The highest BCUT2D eigenvalue weighted by molar-refractivity contribution is 5.96. The van der Waals surface area contributed by atoms with Crippen molar-refractivity contribution in [2.24, 2.45) is 0 Å². The molecule has 0 saturated carbocycles. The Morgan fingerprint density at radius 3 is 2.67 bits per heavy atom. The minimum atomic E-state index is -0.00422. The first-order valence-electron chi connectivity index (χ1n) is 8.37. The van der Waals surface area contributed by atoms with Crippen LogP contribution in [0, 0.1) is 6.92 Å². The maximum Gasteiger partial charge on any atom is 0.259 e. The van der Waals surface area contributed by atoms with Crippen LogP contribution in [0.1, 0.15) is 22.8 Å². The molecule has 1 aromatic carbocycles. The zero-order valence-corrected chi connectivity index (χ0v) is 14.2. The molecule has 1 saturated heterocycles. The lowest BCUT2D eigenvalue weighted by Gasteiger charge is -2.36. The summed E-state index contributed by atoms with van der Waals surface area (Å²) in [4.78, 5) is 21.2. The van der Waals surface area contributed by atoms with Gasteiger partial charge < -0.3 is 14.5 Å². The number of pyridine rings is 1. The average molecular weight is 325 g/mol. The summed E-state index contributed by atoms with van der Waals surface area (Å²) in [5.41, 5.74) is 3.02. The summed E-state index contributed by atoms with van der Waals surface area (Å²) in [7, 11) is 0. The van der Waals surface area contributed by atoms with Crippen LogP contribution in [0.3, 0.4) is 0 Å². The molecule has 24 heavy (non-hydrogen) atoms. The van der Waals surface area contributed by atoms with E-state index in [0.29, 0.717) is 31.1 Å². The number of benzene rings is 1. The predicted octanol–water partition coefficient (Wildman–Crippen LogP) is 2.75. The number of ether oxygens (including phenoxy) is 1. The van der Waals surface area contributed by atoms with Crippen molar-refractivity contribution in [3.8, 4) is 5.88 Å². The molecule has 1 aliphatic rings. The molecule has 0 atom stereocenters. The smallest absolute Gasteiger partial charge is 0.259 e. The number of carbonyl (C=O) groups is 1. The van der Waals surface area contributed by atoms with Crippen LogP contribution in [0.25, 0.3) is 0 Å². The summed E-state index contributed by atoms with van der Waals surface area (Å²) in [6, 6.07) is 12.0. The van der Waals surface area contributed by atoms with Gasteiger partial charge >= 0.3 is 0 Å². The molecular formula is C19H23N3O2. The molecular weight excluding hydrogens is 302 g/mol. The molecule has 5 nitrogen and oxygen atoms in total. The number of aromatic nitrogens is 1. The summed E-state index contributed by atoms with van der Waals surface area (Å²) < 4.78 is 5.48. The summed E-state index contributed by atoms with van der Waals surface area (Å²) in [5.74, 6) is 0.418. The summed E-state index contributed by atoms with van der Waals surface area (Å²) in [6.07, 6.45) is 1.65. The van der Waals surface area contributed by atoms with E-state index >= 15 is 0 Å². The lowest BCUT2D eigenvalue weighted by Crippen LogP contribution is -2.48. The zero-order valence-electron chi connectivity index (χ0n) is 14.2. The Morgan fingerprint density at radius 1 is 1.17 bits per heavy atom. The van der Waals surface area contributed by atoms with Gasteiger partial charge in [-0.15, -0.1) is 0 Å². The van der Waals surface area contributed by atoms with Crippen molar-refractivity contribution in [3.63, 3.8) is 0 Å². The molecule has 0 radical (unpaired) electrons. The molecule has 0 bridgehead atoms. The Hall–Kier alpha value is -2.56. The number of amides is 1. The molecule has 2 aromatic rings. The van der Waals surface area contributed by atoms with Crippen LogP contribution >= 0.6 is 0 Å². The Kier molecular flexibility index (Phi) is 4.99. The molecule has 1 fully saturated rings. The monoisotopic (exact) mass is 325 g/mol. The highest BCUT2D eigenvalue weighted by Crippen LogP contribution is 2.21. The maximum atomic E-state index is 12.8. The van der Waals surface area contributed by atoms with Crippen LogP contribution in [0.15, 0.2) is 42.6 Å². The van der Waals surface area contributed by atoms with Gasteiger partial charge in [-0.2, -0.15) is 0 Å². The van der Waals surface area contributed by atoms with Gasteiger partial charge in [-0.05, 0) is 43.7 Å². The SMILES string of the molecule is CCOc1ncccc1C(=O)N1CCN(c2cccc(C)c2)CC1. The van der Waals surface area contributed by atoms with Gasteiger partial charge in [0.05, 0.1) is 6.61 Å². The molecule has 3 rings (SSSR count). The van der Waals surface area contributed by atoms with Gasteiger partial charge in [-0.3, -0.25) is 4.79 Å². The van der Waals surface area contributed by atoms with E-state index in [4.69, 9.17) is 4.74 Å². The zero-order chi connectivity index (χ0) is 16.9. The van der Waals surface area contributed by atoms with Crippen LogP contribution in [-0.4, -0.2) is 48.6 Å². The van der Waals surface area contributed by atoms with Crippen molar-refractivity contribution >= 4 is 11.6 Å². The van der Waals surface area contributed by atoms with E-state index in [9.17, 15) is 4.79 Å². The van der Waals surface area contributed by atoms with E-state index in [0.717, 1.165) is 13.1 Å². The van der Waals surface area contributed by atoms with Crippen molar-refractivity contribution < 1.29 is 9.53 Å². The first kappa shape index (κ1) is 16.3. The summed E-state index contributed by atoms with van der Waals surface area (Å²) >= 11 is 0. The molecule has 2 heterocycles. The highest BCUT2D eigenvalue weighted by atomic mass is 16.5. The van der Waals surface area contributed by atoms with Crippen molar-refractivity contribution in [1.82, 2.24) is 9.88 Å². The fourth-order valence-electron chi connectivity index (χ4n) is 2.97. The number of hydrogen-bond acceptors (Lipinski definition) is 4. The van der Waals surface area contributed by atoms with Gasteiger partial charge in [0.15, 0.2) is 0 Å². The van der Waals surface area contributed by atoms with E-state index < -0.39 is 0 Å². The minimum absolute atomic E-state index is 0.00422. The van der Waals surface area contributed by atoms with Gasteiger partial charge in [0.1, 0.15) is 5.56 Å². The number of anilines is 1. The van der Waals surface area contributed by atoms with Crippen LogP contribution in [0.2, 0.25) is 0 Å². The standard InChI is InChI=1S/C19H23N3O2/c1-3-24-18-17(8-5-9-20-18)19(23)22-12-10-21(11-13-22)16-7-4-6-15(2)14-16/h4-9,14H,3,10-13H2,1-2H3. The van der Waals surface area contributed by atoms with Crippen molar-refractivity contribution in [2.75, 3.05) is 37.7 Å². The molecule has 1 aliphatic heterocycles. The normalized spacial score (nSPS) is 14.6. The van der Waals surface area contributed by atoms with Gasteiger partial charge in [0.2, 0.25) is 5.88 Å². The number of nitrogens with zero attached hydrogens (tertiary/aromatic N) is 3. The number of aryl methyl sites for hydroxylation is 1. The quantitative estimate of drug-likeness (QED) is 0.867. The summed E-state index contributed by atoms with van der Waals surface area (Å²) in [6.45, 7) is 7.56. The first-order chi connectivity index (χ1) is 11.7. The minimum Gasteiger partial charge on any atom is -0.477 e. The van der Waals surface area contributed by atoms with Crippen LogP contribution in [-0.2, 0) is 0 Å². The molecule has 1 amide bonds. The Morgan fingerprint density at radius 2 is 1.96 bits per heavy atom. The van der Waals surface area contributed by atoms with E-state index in [1.54, 1.807) is 18.3 Å². The van der Waals surface area contributed by atoms with Gasteiger partial charge in [0.25, 0.3) is 5.91 Å². The van der Waals surface area contributed by atoms with Crippen molar-refractivity contribution in [2.45, 2.75) is 13.8 Å². The number of carbonyl (C=O) groups excluding carboxylic acids is 1. The Balaban J connectivity index is 1.67. The predicted molar refractivity (Wildman–Crippen MR) is 94.7 cm³/mol. The van der Waals surface area contributed by atoms with Crippen LogP contribution in [0.4, 0.5) is 5.69 Å². The van der Waals surface area contributed by atoms with E-state index in [-0.39, 0.29) is 5.91 Å². The second kappa shape index (κ2) is 7.34. The molecule has 5 heteroatoms. The lowest BCUT2D eigenvalue weighted by atomic mass is 10.1. The second-order valence-electron chi connectivity index (χ2n) is 5.91. The Bertz CT molecular complexity index is 709. The lowest BCUT2D eigenvalue weighted by molar-refractivity contribution is 0.0741. The third kappa shape index (κ3) is 3.50. The molecule has 0 spiro atoms. The number of rotatable bonds is 4. The van der Waals surface area contributed by atoms with Gasteiger partial charge in [-0.1, -0.05) is 12.1 Å². The molecule has 0 N–H and O–H groups in total. The van der Waals surface area contributed by atoms with Crippen molar-refractivity contribution in [1.29, 1.82) is 0 Å². The Labute approximate surface area is 142 Å². The second-order valence-corrected chi connectivity index (χ2v) is 5.91. The van der Waals surface area contributed by atoms with Crippen LogP contribution < -0.4 is 9.64 Å². The van der Waals surface area contributed by atoms with Gasteiger partial charge in [-0.25, -0.2) is 4.98 Å². The maximum absolute atomic E-state index is 12.8. The summed E-state index contributed by atoms with van der Waals surface area (Å²) in [5, 5.41) is 0. The molecule has 1 aromatic heterocycles. The van der Waals surface area contributed by atoms with Crippen LogP contribution in [0.5, 0.6) is 5.88 Å². The van der Waals surface area contributed by atoms with E-state index in [1.807, 2.05) is 11.8 Å². The average Bonchev–Trinajstić information content (AvgIpc) is 2.62. The fraction of sp³-hybridized carbons (Fsp3) is 0.368.